The molecule has 1 aliphatic rings. The Morgan fingerprint density at radius 2 is 1.93 bits per heavy atom. The maximum absolute atomic E-state index is 12.5. The van der Waals surface area contributed by atoms with Gasteiger partial charge in [-0.05, 0) is 35.7 Å². The topological polar surface area (TPSA) is 79.8 Å². The number of nitrogens with zero attached hydrogens (tertiary/aromatic N) is 6. The average molecular weight is 380 g/mol. The molecule has 0 atom stereocenters. The van der Waals surface area contributed by atoms with E-state index in [0.717, 1.165) is 23.8 Å². The monoisotopic (exact) mass is 380 g/mol. The molecule has 1 aliphatic heterocycles. The summed E-state index contributed by atoms with van der Waals surface area (Å²) in [5.74, 6) is 2.13. The van der Waals surface area contributed by atoms with Crippen molar-refractivity contribution in [1.29, 1.82) is 0 Å². The molecule has 0 aliphatic carbocycles. The predicted octanol–water partition coefficient (Wildman–Crippen LogP) is 2.41. The van der Waals surface area contributed by atoms with Gasteiger partial charge in [0, 0.05) is 26.2 Å². The van der Waals surface area contributed by atoms with Crippen LogP contribution in [-0.2, 0) is 0 Å². The van der Waals surface area contributed by atoms with Crippen LogP contribution in [0.25, 0.3) is 17.2 Å². The summed E-state index contributed by atoms with van der Waals surface area (Å²) in [6.45, 7) is 2.80. The van der Waals surface area contributed by atoms with Gasteiger partial charge in [0.1, 0.15) is 5.82 Å². The van der Waals surface area contributed by atoms with E-state index in [1.54, 1.807) is 10.8 Å². The molecule has 27 heavy (non-hydrogen) atoms. The summed E-state index contributed by atoms with van der Waals surface area (Å²) < 4.78 is 7.12. The molecule has 0 aromatic carbocycles. The van der Waals surface area contributed by atoms with Gasteiger partial charge in [-0.15, -0.1) is 26.6 Å². The van der Waals surface area contributed by atoms with Crippen LogP contribution in [0.15, 0.2) is 52.5 Å². The first-order valence-electron chi connectivity index (χ1n) is 8.64. The third kappa shape index (κ3) is 2.85. The van der Waals surface area contributed by atoms with Crippen LogP contribution in [-0.4, -0.2) is 56.8 Å². The Balaban J connectivity index is 1.36. The Hall–Kier alpha value is -3.20. The molecule has 0 N–H and O–H groups in total. The molecular weight excluding hydrogens is 364 g/mol. The summed E-state index contributed by atoms with van der Waals surface area (Å²) in [5.41, 5.74) is 0.664. The van der Waals surface area contributed by atoms with Crippen LogP contribution in [0.1, 0.15) is 9.67 Å². The predicted molar refractivity (Wildman–Crippen MR) is 101 cm³/mol. The van der Waals surface area contributed by atoms with Gasteiger partial charge in [-0.25, -0.2) is 0 Å². The Labute approximate surface area is 158 Å². The highest BCUT2D eigenvalue weighted by Gasteiger charge is 2.24. The summed E-state index contributed by atoms with van der Waals surface area (Å²) in [6.07, 6.45) is 1.60. The fourth-order valence-electron chi connectivity index (χ4n) is 3.20. The molecule has 9 heteroatoms. The Kier molecular flexibility index (Phi) is 3.86. The quantitative estimate of drug-likeness (QED) is 0.543. The van der Waals surface area contributed by atoms with E-state index < -0.39 is 0 Å². The minimum Gasteiger partial charge on any atom is -0.461 e. The average Bonchev–Trinajstić information content (AvgIpc) is 3.48. The second-order valence-electron chi connectivity index (χ2n) is 6.22. The molecule has 1 amide bonds. The maximum atomic E-state index is 12.5. The fourth-order valence-corrected chi connectivity index (χ4v) is 3.89. The summed E-state index contributed by atoms with van der Waals surface area (Å²) >= 11 is 1.48. The molecular formula is C18H16N6O2S. The van der Waals surface area contributed by atoms with Crippen LogP contribution in [0.2, 0.25) is 0 Å². The summed E-state index contributed by atoms with van der Waals surface area (Å²) in [6, 6.07) is 11.3. The molecule has 0 saturated carbocycles. The van der Waals surface area contributed by atoms with E-state index in [9.17, 15) is 4.79 Å². The van der Waals surface area contributed by atoms with Crippen LogP contribution >= 0.6 is 11.3 Å². The highest BCUT2D eigenvalue weighted by molar-refractivity contribution is 7.12. The number of fused-ring (bicyclic) bond motifs is 1. The van der Waals surface area contributed by atoms with Gasteiger partial charge in [0.05, 0.1) is 11.1 Å². The molecule has 0 radical (unpaired) electrons. The second kappa shape index (κ2) is 6.51. The van der Waals surface area contributed by atoms with E-state index in [4.69, 9.17) is 9.52 Å². The Morgan fingerprint density at radius 3 is 2.67 bits per heavy atom. The first-order chi connectivity index (χ1) is 13.3. The zero-order valence-corrected chi connectivity index (χ0v) is 15.2. The third-order valence-electron chi connectivity index (χ3n) is 4.61. The van der Waals surface area contributed by atoms with Crippen LogP contribution in [0.3, 0.4) is 0 Å². The molecule has 1 fully saturated rings. The minimum atomic E-state index is 0.104. The Morgan fingerprint density at radius 1 is 1.04 bits per heavy atom. The van der Waals surface area contributed by atoms with Crippen molar-refractivity contribution in [3.63, 3.8) is 0 Å². The number of hydrogen-bond acceptors (Lipinski definition) is 7. The molecule has 5 heterocycles. The van der Waals surface area contributed by atoms with E-state index >= 15 is 0 Å². The number of furan rings is 1. The van der Waals surface area contributed by atoms with Crippen molar-refractivity contribution in [1.82, 2.24) is 24.7 Å². The lowest BCUT2D eigenvalue weighted by molar-refractivity contribution is 0.0751. The van der Waals surface area contributed by atoms with Crippen LogP contribution in [0.4, 0.5) is 5.82 Å². The maximum Gasteiger partial charge on any atom is 0.264 e. The zero-order chi connectivity index (χ0) is 18.2. The molecule has 136 valence electrons. The van der Waals surface area contributed by atoms with Crippen LogP contribution in [0, 0.1) is 0 Å². The first kappa shape index (κ1) is 16.0. The van der Waals surface area contributed by atoms with Crippen molar-refractivity contribution in [2.75, 3.05) is 31.1 Å². The lowest BCUT2D eigenvalue weighted by Crippen LogP contribution is -2.49. The standard InChI is InChI=1S/C18H16N6O2S/c25-18(14-4-2-12-27-14)23-9-7-22(8-10-23)16-6-5-15-19-20-17(24(15)21-16)13-3-1-11-26-13/h1-6,11-12H,7-10H2. The number of carbonyl (C=O) groups is 1. The number of anilines is 1. The first-order valence-corrected chi connectivity index (χ1v) is 9.51. The number of rotatable bonds is 3. The van der Waals surface area contributed by atoms with Gasteiger partial charge in [0.25, 0.3) is 5.91 Å². The third-order valence-corrected chi connectivity index (χ3v) is 5.47. The molecule has 8 nitrogen and oxygen atoms in total. The molecule has 4 aromatic heterocycles. The Bertz CT molecular complexity index is 1060. The van der Waals surface area contributed by atoms with E-state index in [2.05, 4.69) is 15.1 Å². The highest BCUT2D eigenvalue weighted by Crippen LogP contribution is 2.21. The summed E-state index contributed by atoms with van der Waals surface area (Å²) in [7, 11) is 0. The van der Waals surface area contributed by atoms with E-state index in [1.165, 1.54) is 11.3 Å². The van der Waals surface area contributed by atoms with Gasteiger partial charge in [0.2, 0.25) is 5.82 Å². The minimum absolute atomic E-state index is 0.104. The van der Waals surface area contributed by atoms with E-state index in [-0.39, 0.29) is 5.91 Å². The fraction of sp³-hybridized carbons (Fsp3) is 0.222. The van der Waals surface area contributed by atoms with Gasteiger partial charge in [-0.2, -0.15) is 4.52 Å². The lowest BCUT2D eigenvalue weighted by atomic mass is 10.3. The van der Waals surface area contributed by atoms with Gasteiger partial charge >= 0.3 is 0 Å². The molecule has 1 saturated heterocycles. The molecule has 0 bridgehead atoms. The largest absolute Gasteiger partial charge is 0.461 e. The highest BCUT2D eigenvalue weighted by atomic mass is 32.1. The lowest BCUT2D eigenvalue weighted by Gasteiger charge is -2.35. The summed E-state index contributed by atoms with van der Waals surface area (Å²) in [5, 5.41) is 14.9. The second-order valence-corrected chi connectivity index (χ2v) is 7.17. The van der Waals surface area contributed by atoms with Gasteiger partial charge in [-0.3, -0.25) is 4.79 Å². The molecule has 5 rings (SSSR count). The van der Waals surface area contributed by atoms with Crippen molar-refractivity contribution in [3.05, 3.63) is 52.9 Å². The van der Waals surface area contributed by atoms with Crippen LogP contribution < -0.4 is 4.90 Å². The number of carbonyl (C=O) groups excluding carboxylic acids is 1. The summed E-state index contributed by atoms with van der Waals surface area (Å²) in [4.78, 5) is 17.3. The van der Waals surface area contributed by atoms with Crippen molar-refractivity contribution in [2.45, 2.75) is 0 Å². The number of aromatic nitrogens is 4. The van der Waals surface area contributed by atoms with Crippen molar-refractivity contribution in [3.8, 4) is 11.6 Å². The van der Waals surface area contributed by atoms with Gasteiger partial charge in [0.15, 0.2) is 11.4 Å². The van der Waals surface area contributed by atoms with E-state index in [0.29, 0.717) is 30.3 Å². The van der Waals surface area contributed by atoms with Gasteiger partial charge in [-0.1, -0.05) is 6.07 Å². The molecule has 4 aromatic rings. The van der Waals surface area contributed by atoms with Crippen molar-refractivity contribution in [2.24, 2.45) is 0 Å². The van der Waals surface area contributed by atoms with Gasteiger partial charge < -0.3 is 14.2 Å². The molecule has 0 unspecified atom stereocenters. The van der Waals surface area contributed by atoms with Crippen LogP contribution in [0.5, 0.6) is 0 Å². The number of piperazine rings is 1. The smallest absolute Gasteiger partial charge is 0.264 e. The van der Waals surface area contributed by atoms with Crippen molar-refractivity contribution >= 4 is 28.7 Å². The normalized spacial score (nSPS) is 14.8. The SMILES string of the molecule is O=C(c1cccs1)N1CCN(c2ccc3nnc(-c4ccco4)n3n2)CC1. The number of amides is 1. The van der Waals surface area contributed by atoms with Crippen molar-refractivity contribution < 1.29 is 9.21 Å². The zero-order valence-electron chi connectivity index (χ0n) is 14.4. The number of thiophene rings is 1. The number of hydrogen-bond donors (Lipinski definition) is 0. The van der Waals surface area contributed by atoms with E-state index in [1.807, 2.05) is 46.7 Å². The molecule has 0 spiro atoms.